The Morgan fingerprint density at radius 3 is 2.38 bits per heavy atom. The molecule has 1 N–H and O–H groups in total. The minimum absolute atomic E-state index is 0.0710. The van der Waals surface area contributed by atoms with Gasteiger partial charge >= 0.3 is 0 Å². The molecule has 3 nitrogen and oxygen atoms in total. The van der Waals surface area contributed by atoms with E-state index in [4.69, 9.17) is 11.6 Å². The molecule has 6 heteroatoms. The minimum Gasteiger partial charge on any atom is -0.381 e. The third-order valence-corrected chi connectivity index (χ3v) is 4.98. The summed E-state index contributed by atoms with van der Waals surface area (Å²) in [4.78, 5) is 0.296. The van der Waals surface area contributed by atoms with Crippen LogP contribution in [0.15, 0.2) is 47.4 Å². The van der Waals surface area contributed by atoms with E-state index in [1.165, 1.54) is 12.1 Å². The van der Waals surface area contributed by atoms with Crippen molar-refractivity contribution in [1.29, 1.82) is 0 Å². The van der Waals surface area contributed by atoms with E-state index in [-0.39, 0.29) is 11.6 Å². The maximum absolute atomic E-state index is 13.2. The van der Waals surface area contributed by atoms with Crippen LogP contribution < -0.4 is 5.32 Å². The number of halogens is 2. The van der Waals surface area contributed by atoms with Crippen molar-refractivity contribution < 1.29 is 12.8 Å². The largest absolute Gasteiger partial charge is 0.381 e. The first kappa shape index (κ1) is 15.8. The second kappa shape index (κ2) is 6.45. The minimum atomic E-state index is -3.19. The van der Waals surface area contributed by atoms with Crippen LogP contribution in [0.25, 0.3) is 0 Å². The molecule has 0 amide bonds. The van der Waals surface area contributed by atoms with Crippen LogP contribution in [0.3, 0.4) is 0 Å². The Labute approximate surface area is 128 Å². The van der Waals surface area contributed by atoms with Gasteiger partial charge in [0.1, 0.15) is 5.82 Å². The van der Waals surface area contributed by atoms with Crippen LogP contribution >= 0.6 is 11.6 Å². The van der Waals surface area contributed by atoms with Crippen LogP contribution in [0.5, 0.6) is 0 Å². The fraction of sp³-hybridized carbons (Fsp3) is 0.200. The van der Waals surface area contributed by atoms with Crippen molar-refractivity contribution >= 4 is 27.1 Å². The fourth-order valence-electron chi connectivity index (χ4n) is 1.86. The summed E-state index contributed by atoms with van der Waals surface area (Å²) in [6.45, 7) is 2.01. The Hall–Kier alpha value is -1.59. The van der Waals surface area contributed by atoms with Gasteiger partial charge in [0.25, 0.3) is 0 Å². The molecule has 0 saturated heterocycles. The maximum atomic E-state index is 13.2. The Morgan fingerprint density at radius 1 is 1.14 bits per heavy atom. The van der Waals surface area contributed by atoms with Gasteiger partial charge in [-0.2, -0.15) is 0 Å². The lowest BCUT2D eigenvalue weighted by Gasteiger charge is -2.08. The number of rotatable bonds is 5. The zero-order chi connectivity index (χ0) is 15.5. The molecule has 2 aromatic carbocycles. The van der Waals surface area contributed by atoms with Gasteiger partial charge in [-0.1, -0.05) is 18.5 Å². The molecular weight excluding hydrogens is 313 g/mol. The van der Waals surface area contributed by atoms with Gasteiger partial charge in [-0.15, -0.1) is 0 Å². The van der Waals surface area contributed by atoms with Crippen molar-refractivity contribution in [3.8, 4) is 0 Å². The van der Waals surface area contributed by atoms with Crippen LogP contribution in [-0.4, -0.2) is 14.2 Å². The molecule has 2 aromatic rings. The van der Waals surface area contributed by atoms with Crippen LogP contribution in [0, 0.1) is 5.82 Å². The first-order valence-corrected chi connectivity index (χ1v) is 8.45. The first-order valence-electron chi connectivity index (χ1n) is 6.42. The third-order valence-electron chi connectivity index (χ3n) is 3.01. The fourth-order valence-corrected chi connectivity index (χ4v) is 2.99. The lowest BCUT2D eigenvalue weighted by Crippen LogP contribution is -2.04. The monoisotopic (exact) mass is 327 g/mol. The van der Waals surface area contributed by atoms with Gasteiger partial charge in [0.2, 0.25) is 0 Å². The van der Waals surface area contributed by atoms with E-state index in [2.05, 4.69) is 5.32 Å². The highest BCUT2D eigenvalue weighted by Gasteiger charge is 2.10. The van der Waals surface area contributed by atoms with Gasteiger partial charge in [-0.25, -0.2) is 12.8 Å². The van der Waals surface area contributed by atoms with Crippen molar-refractivity contribution in [3.05, 3.63) is 58.9 Å². The highest BCUT2D eigenvalue weighted by molar-refractivity contribution is 7.91. The summed E-state index contributed by atoms with van der Waals surface area (Å²) in [5, 5.41) is 3.44. The molecule has 0 spiro atoms. The van der Waals surface area contributed by atoms with Gasteiger partial charge in [-0.3, -0.25) is 0 Å². The summed E-state index contributed by atoms with van der Waals surface area (Å²) >= 11 is 5.78. The highest BCUT2D eigenvalue weighted by atomic mass is 35.5. The van der Waals surface area contributed by atoms with Gasteiger partial charge < -0.3 is 5.32 Å². The molecule has 21 heavy (non-hydrogen) atoms. The molecule has 2 rings (SSSR count). The molecule has 0 atom stereocenters. The van der Waals surface area contributed by atoms with E-state index in [0.29, 0.717) is 22.0 Å². The van der Waals surface area contributed by atoms with Crippen molar-refractivity contribution in [2.75, 3.05) is 11.1 Å². The molecule has 0 radical (unpaired) electrons. The quantitative estimate of drug-likeness (QED) is 0.906. The van der Waals surface area contributed by atoms with Crippen LogP contribution in [-0.2, 0) is 16.4 Å². The summed E-state index contributed by atoms with van der Waals surface area (Å²) in [7, 11) is -3.19. The van der Waals surface area contributed by atoms with Crippen molar-refractivity contribution in [2.45, 2.75) is 18.4 Å². The number of benzene rings is 2. The smallest absolute Gasteiger partial charge is 0.178 e. The third kappa shape index (κ3) is 4.19. The summed E-state index contributed by atoms with van der Waals surface area (Å²) in [6, 6.07) is 10.8. The number of hydrogen-bond acceptors (Lipinski definition) is 3. The van der Waals surface area contributed by atoms with Gasteiger partial charge in [0, 0.05) is 17.3 Å². The number of hydrogen-bond donors (Lipinski definition) is 1. The second-order valence-corrected chi connectivity index (χ2v) is 7.27. The topological polar surface area (TPSA) is 46.2 Å². The maximum Gasteiger partial charge on any atom is 0.178 e. The summed E-state index contributed by atoms with van der Waals surface area (Å²) in [5.41, 5.74) is 1.47. The zero-order valence-electron chi connectivity index (χ0n) is 11.4. The average Bonchev–Trinajstić information content (AvgIpc) is 2.44. The Kier molecular flexibility index (Phi) is 4.85. The molecule has 112 valence electrons. The second-order valence-electron chi connectivity index (χ2n) is 4.56. The molecule has 0 bridgehead atoms. The average molecular weight is 328 g/mol. The number of sulfone groups is 1. The normalized spacial score (nSPS) is 11.4. The zero-order valence-corrected chi connectivity index (χ0v) is 13.0. The summed E-state index contributed by atoms with van der Waals surface area (Å²) in [5.74, 6) is -0.314. The highest BCUT2D eigenvalue weighted by Crippen LogP contribution is 2.18. The molecular formula is C15H15ClFNO2S. The van der Waals surface area contributed by atoms with Crippen molar-refractivity contribution in [1.82, 2.24) is 0 Å². The van der Waals surface area contributed by atoms with E-state index in [1.54, 1.807) is 37.3 Å². The molecule has 0 aliphatic carbocycles. The van der Waals surface area contributed by atoms with Gasteiger partial charge in [-0.05, 0) is 48.0 Å². The predicted octanol–water partition coefficient (Wildman–Crippen LogP) is 3.88. The molecule has 0 fully saturated rings. The number of nitrogens with one attached hydrogen (secondary N) is 1. The van der Waals surface area contributed by atoms with Gasteiger partial charge in [0.05, 0.1) is 10.6 Å². The van der Waals surface area contributed by atoms with E-state index >= 15 is 0 Å². The summed E-state index contributed by atoms with van der Waals surface area (Å²) < 4.78 is 36.6. The Bertz CT molecular complexity index is 710. The van der Waals surface area contributed by atoms with E-state index in [1.807, 2.05) is 0 Å². The molecule has 0 saturated carbocycles. The Balaban J connectivity index is 2.07. The molecule has 0 aliphatic heterocycles. The van der Waals surface area contributed by atoms with E-state index in [9.17, 15) is 12.8 Å². The SMILES string of the molecule is CCS(=O)(=O)c1ccc(NCc2cc(F)cc(Cl)c2)cc1. The number of anilines is 1. The van der Waals surface area contributed by atoms with E-state index < -0.39 is 9.84 Å². The first-order chi connectivity index (χ1) is 9.90. The van der Waals surface area contributed by atoms with Crippen LogP contribution in [0.1, 0.15) is 12.5 Å². The van der Waals surface area contributed by atoms with Gasteiger partial charge in [0.15, 0.2) is 9.84 Å². The standard InChI is InChI=1S/C15H15ClFNO2S/c1-2-21(19,20)15-5-3-14(4-6-15)18-10-11-7-12(16)9-13(17)8-11/h3-9,18H,2,10H2,1H3. The predicted molar refractivity (Wildman–Crippen MR) is 82.9 cm³/mol. The molecule has 0 unspecified atom stereocenters. The van der Waals surface area contributed by atoms with Crippen LogP contribution in [0.2, 0.25) is 5.02 Å². The molecule has 0 aliphatic rings. The lowest BCUT2D eigenvalue weighted by atomic mass is 10.2. The van der Waals surface area contributed by atoms with Crippen molar-refractivity contribution in [3.63, 3.8) is 0 Å². The van der Waals surface area contributed by atoms with Crippen molar-refractivity contribution in [2.24, 2.45) is 0 Å². The summed E-state index contributed by atoms with van der Waals surface area (Å²) in [6.07, 6.45) is 0. The molecule has 0 aromatic heterocycles. The lowest BCUT2D eigenvalue weighted by molar-refractivity contribution is 0.597. The van der Waals surface area contributed by atoms with Crippen LogP contribution in [0.4, 0.5) is 10.1 Å². The Morgan fingerprint density at radius 2 is 1.81 bits per heavy atom. The van der Waals surface area contributed by atoms with E-state index in [0.717, 1.165) is 5.69 Å². The molecule has 0 heterocycles.